The van der Waals surface area contributed by atoms with E-state index >= 15 is 0 Å². The van der Waals surface area contributed by atoms with Crippen LogP contribution in [-0.4, -0.2) is 26.8 Å². The number of anilines is 1. The standard InChI is InChI=1S/C25H20FN5O3S/c26-17-9-11-18(12-10-17)31(23(32)16-30-21-7-2-1-6-20(21)28-29-30)24(22-8-4-14-35-22)25(33)27-15-19-5-3-13-34-19/h1-14,24H,15-16H2,(H,27,33)/t24-/m0/s1. The minimum atomic E-state index is -0.988. The molecule has 0 spiro atoms. The smallest absolute Gasteiger partial charge is 0.249 e. The highest BCUT2D eigenvalue weighted by atomic mass is 32.1. The van der Waals surface area contributed by atoms with E-state index in [9.17, 15) is 14.0 Å². The second-order valence-electron chi connectivity index (χ2n) is 7.69. The molecule has 1 atom stereocenters. The summed E-state index contributed by atoms with van der Waals surface area (Å²) in [7, 11) is 0. The number of carbonyl (C=O) groups excluding carboxylic acids is 2. The van der Waals surface area contributed by atoms with Gasteiger partial charge in [-0.15, -0.1) is 16.4 Å². The lowest BCUT2D eigenvalue weighted by Gasteiger charge is -2.30. The molecule has 0 aliphatic carbocycles. The van der Waals surface area contributed by atoms with Gasteiger partial charge < -0.3 is 9.73 Å². The lowest BCUT2D eigenvalue weighted by Crippen LogP contribution is -2.44. The number of halogens is 1. The quantitative estimate of drug-likeness (QED) is 0.351. The van der Waals surface area contributed by atoms with Gasteiger partial charge in [0.15, 0.2) is 0 Å². The van der Waals surface area contributed by atoms with Crippen LogP contribution in [0.2, 0.25) is 0 Å². The first-order valence-corrected chi connectivity index (χ1v) is 11.7. The van der Waals surface area contributed by atoms with Crippen LogP contribution in [-0.2, 0) is 22.7 Å². The molecule has 5 aromatic rings. The fourth-order valence-electron chi connectivity index (χ4n) is 3.78. The van der Waals surface area contributed by atoms with Gasteiger partial charge in [-0.1, -0.05) is 23.4 Å². The summed E-state index contributed by atoms with van der Waals surface area (Å²) in [6, 6.07) is 18.9. The predicted octanol–water partition coefficient (Wildman–Crippen LogP) is 4.32. The second-order valence-corrected chi connectivity index (χ2v) is 8.67. The van der Waals surface area contributed by atoms with Crippen LogP contribution in [0.5, 0.6) is 0 Å². The van der Waals surface area contributed by atoms with E-state index < -0.39 is 23.7 Å². The maximum atomic E-state index is 13.8. The molecule has 2 aromatic carbocycles. The molecular formula is C25H20FN5O3S. The van der Waals surface area contributed by atoms with Crippen LogP contribution >= 0.6 is 11.3 Å². The van der Waals surface area contributed by atoms with Crippen LogP contribution in [0.25, 0.3) is 11.0 Å². The van der Waals surface area contributed by atoms with E-state index in [1.54, 1.807) is 24.3 Å². The fraction of sp³-hybridized carbons (Fsp3) is 0.120. The number of rotatable bonds is 8. The van der Waals surface area contributed by atoms with E-state index in [4.69, 9.17) is 4.42 Å². The third-order valence-electron chi connectivity index (χ3n) is 5.41. The normalized spacial score (nSPS) is 11.9. The Balaban J connectivity index is 1.51. The minimum Gasteiger partial charge on any atom is -0.467 e. The van der Waals surface area contributed by atoms with E-state index in [-0.39, 0.29) is 13.1 Å². The average Bonchev–Trinajstić information content (AvgIpc) is 3.65. The summed E-state index contributed by atoms with van der Waals surface area (Å²) in [6.07, 6.45) is 1.52. The molecule has 35 heavy (non-hydrogen) atoms. The minimum absolute atomic E-state index is 0.160. The van der Waals surface area contributed by atoms with Crippen molar-refractivity contribution in [1.82, 2.24) is 20.3 Å². The van der Waals surface area contributed by atoms with Gasteiger partial charge in [0.2, 0.25) is 11.8 Å². The Morgan fingerprint density at radius 3 is 2.63 bits per heavy atom. The highest BCUT2D eigenvalue weighted by Gasteiger charge is 2.34. The SMILES string of the molecule is O=C(NCc1ccco1)[C@H](c1cccs1)N(C(=O)Cn1nnc2ccccc21)c1ccc(F)cc1. The van der Waals surface area contributed by atoms with Crippen LogP contribution in [0.4, 0.5) is 10.1 Å². The van der Waals surface area contributed by atoms with Crippen molar-refractivity contribution in [2.75, 3.05) is 4.90 Å². The number of para-hydroxylation sites is 1. The highest BCUT2D eigenvalue weighted by molar-refractivity contribution is 7.10. The van der Waals surface area contributed by atoms with Gasteiger partial charge in [0.25, 0.3) is 0 Å². The Morgan fingerprint density at radius 1 is 1.06 bits per heavy atom. The van der Waals surface area contributed by atoms with Crippen molar-refractivity contribution < 1.29 is 18.4 Å². The Labute approximate surface area is 203 Å². The number of thiophene rings is 1. The molecule has 10 heteroatoms. The van der Waals surface area contributed by atoms with Crippen molar-refractivity contribution in [2.24, 2.45) is 0 Å². The lowest BCUT2D eigenvalue weighted by atomic mass is 10.1. The highest BCUT2D eigenvalue weighted by Crippen LogP contribution is 2.31. The van der Waals surface area contributed by atoms with Gasteiger partial charge in [0.05, 0.1) is 18.3 Å². The van der Waals surface area contributed by atoms with Gasteiger partial charge >= 0.3 is 0 Å². The van der Waals surface area contributed by atoms with E-state index in [0.29, 0.717) is 27.4 Å². The summed E-state index contributed by atoms with van der Waals surface area (Å²) in [4.78, 5) is 29.3. The molecule has 2 amide bonds. The number of fused-ring (bicyclic) bond motifs is 1. The molecule has 176 valence electrons. The lowest BCUT2D eigenvalue weighted by molar-refractivity contribution is -0.127. The van der Waals surface area contributed by atoms with Gasteiger partial charge in [-0.3, -0.25) is 14.5 Å². The van der Waals surface area contributed by atoms with Crippen LogP contribution in [0, 0.1) is 5.82 Å². The van der Waals surface area contributed by atoms with Crippen molar-refractivity contribution in [3.8, 4) is 0 Å². The number of amides is 2. The summed E-state index contributed by atoms with van der Waals surface area (Å²) in [6.45, 7) is -0.00189. The van der Waals surface area contributed by atoms with Gasteiger partial charge in [0.1, 0.15) is 29.7 Å². The van der Waals surface area contributed by atoms with Crippen molar-refractivity contribution in [2.45, 2.75) is 19.1 Å². The van der Waals surface area contributed by atoms with Crippen molar-refractivity contribution in [3.63, 3.8) is 0 Å². The molecule has 3 heterocycles. The van der Waals surface area contributed by atoms with Gasteiger partial charge in [-0.05, 0) is 60.0 Å². The van der Waals surface area contributed by atoms with Crippen LogP contribution < -0.4 is 10.2 Å². The molecule has 0 saturated heterocycles. The number of nitrogens with one attached hydrogen (secondary N) is 1. The molecule has 3 aromatic heterocycles. The summed E-state index contributed by atoms with van der Waals surface area (Å²) >= 11 is 1.35. The largest absolute Gasteiger partial charge is 0.467 e. The summed E-state index contributed by atoms with van der Waals surface area (Å²) in [5.41, 5.74) is 1.72. The monoisotopic (exact) mass is 489 g/mol. The van der Waals surface area contributed by atoms with Crippen LogP contribution in [0.3, 0.4) is 0 Å². The number of benzene rings is 2. The third kappa shape index (κ3) is 4.82. The molecule has 0 saturated carbocycles. The molecule has 0 unspecified atom stereocenters. The molecule has 0 fully saturated rings. The predicted molar refractivity (Wildman–Crippen MR) is 129 cm³/mol. The second kappa shape index (κ2) is 9.90. The van der Waals surface area contributed by atoms with Crippen molar-refractivity contribution in [3.05, 3.63) is 101 Å². The average molecular weight is 490 g/mol. The van der Waals surface area contributed by atoms with E-state index in [1.165, 1.54) is 51.4 Å². The number of carbonyl (C=O) groups is 2. The zero-order valence-electron chi connectivity index (χ0n) is 18.4. The Morgan fingerprint density at radius 2 is 1.89 bits per heavy atom. The van der Waals surface area contributed by atoms with E-state index in [2.05, 4.69) is 15.6 Å². The summed E-state index contributed by atoms with van der Waals surface area (Å²) in [5, 5.41) is 12.9. The number of hydrogen-bond acceptors (Lipinski definition) is 6. The fourth-order valence-corrected chi connectivity index (χ4v) is 4.59. The first kappa shape index (κ1) is 22.5. The maximum Gasteiger partial charge on any atom is 0.249 e. The number of hydrogen-bond donors (Lipinski definition) is 1. The summed E-state index contributed by atoms with van der Waals surface area (Å²) in [5.74, 6) is -0.667. The molecule has 0 aliphatic heterocycles. The van der Waals surface area contributed by atoms with E-state index in [1.807, 2.05) is 29.6 Å². The summed E-state index contributed by atoms with van der Waals surface area (Å²) < 4.78 is 20.5. The molecular weight excluding hydrogens is 469 g/mol. The maximum absolute atomic E-state index is 13.8. The Kier molecular flexibility index (Phi) is 6.36. The third-order valence-corrected chi connectivity index (χ3v) is 6.34. The van der Waals surface area contributed by atoms with Gasteiger partial charge in [-0.25, -0.2) is 9.07 Å². The van der Waals surface area contributed by atoms with Crippen molar-refractivity contribution >= 4 is 39.9 Å². The molecule has 0 radical (unpaired) electrons. The van der Waals surface area contributed by atoms with Crippen LogP contribution in [0.1, 0.15) is 16.7 Å². The molecule has 5 rings (SSSR count). The first-order chi connectivity index (χ1) is 17.1. The molecule has 0 bridgehead atoms. The topological polar surface area (TPSA) is 93.3 Å². The van der Waals surface area contributed by atoms with Crippen LogP contribution in [0.15, 0.2) is 88.9 Å². The van der Waals surface area contributed by atoms with Gasteiger partial charge in [-0.2, -0.15) is 0 Å². The Hall–Kier alpha value is -4.31. The van der Waals surface area contributed by atoms with Gasteiger partial charge in [0, 0.05) is 10.6 Å². The number of furan rings is 1. The molecule has 0 aliphatic rings. The zero-order chi connectivity index (χ0) is 24.2. The Bertz CT molecular complexity index is 1430. The molecule has 1 N–H and O–H groups in total. The molecule has 8 nitrogen and oxygen atoms in total. The van der Waals surface area contributed by atoms with Crippen molar-refractivity contribution in [1.29, 1.82) is 0 Å². The number of aromatic nitrogens is 3. The first-order valence-electron chi connectivity index (χ1n) is 10.8. The van der Waals surface area contributed by atoms with E-state index in [0.717, 1.165) is 0 Å². The zero-order valence-corrected chi connectivity index (χ0v) is 19.2. The number of nitrogens with zero attached hydrogens (tertiary/aromatic N) is 4.